The van der Waals surface area contributed by atoms with E-state index in [2.05, 4.69) is 14.7 Å². The van der Waals surface area contributed by atoms with Crippen LogP contribution in [0, 0.1) is 5.82 Å². The number of anilines is 1. The van der Waals surface area contributed by atoms with Gasteiger partial charge in [0.15, 0.2) is 11.6 Å². The third-order valence-corrected chi connectivity index (χ3v) is 5.58. The molecule has 0 aliphatic carbocycles. The lowest BCUT2D eigenvalue weighted by molar-refractivity contribution is 0.397. The molecule has 11 heteroatoms. The lowest BCUT2D eigenvalue weighted by Gasteiger charge is -2.10. The van der Waals surface area contributed by atoms with E-state index >= 15 is 0 Å². The highest BCUT2D eigenvalue weighted by Gasteiger charge is 2.24. The van der Waals surface area contributed by atoms with Crippen molar-refractivity contribution >= 4 is 49.9 Å². The number of rotatable bonds is 5. The average molecular weight is 420 g/mol. The molecule has 0 fully saturated rings. The monoisotopic (exact) mass is 419 g/mol. The first-order chi connectivity index (χ1) is 12.3. The quantitative estimate of drug-likeness (QED) is 0.655. The summed E-state index contributed by atoms with van der Waals surface area (Å²) in [5.74, 6) is -1.22. The average Bonchev–Trinajstić information content (AvgIpc) is 3.03. The zero-order chi connectivity index (χ0) is 19.1. The minimum Gasteiger partial charge on any atom is -0.495 e. The normalized spacial score (nSPS) is 11.6. The molecule has 2 N–H and O–H groups in total. The molecule has 2 heterocycles. The van der Waals surface area contributed by atoms with E-state index in [1.165, 1.54) is 32.5 Å². The van der Waals surface area contributed by atoms with Crippen molar-refractivity contribution in [2.75, 3.05) is 18.9 Å². The van der Waals surface area contributed by atoms with Gasteiger partial charge in [-0.3, -0.25) is 4.72 Å². The van der Waals surface area contributed by atoms with Crippen LogP contribution < -0.4 is 14.2 Å². The van der Waals surface area contributed by atoms with Gasteiger partial charge in [0.05, 0.1) is 19.7 Å². The van der Waals surface area contributed by atoms with Gasteiger partial charge in [-0.05, 0) is 12.1 Å². The van der Waals surface area contributed by atoms with Crippen LogP contribution in [0.4, 0.5) is 10.2 Å². The number of nitrogens with zero attached hydrogens (tertiary/aromatic N) is 1. The number of ether oxygens (including phenoxy) is 2. The van der Waals surface area contributed by atoms with E-state index in [9.17, 15) is 12.8 Å². The van der Waals surface area contributed by atoms with E-state index in [1.807, 2.05) is 0 Å². The van der Waals surface area contributed by atoms with Gasteiger partial charge >= 0.3 is 0 Å². The molecule has 26 heavy (non-hydrogen) atoms. The summed E-state index contributed by atoms with van der Waals surface area (Å²) in [6.07, 6.45) is 1.24. The fraction of sp³-hybridized carbons (Fsp3) is 0.133. The van der Waals surface area contributed by atoms with Crippen LogP contribution in [-0.4, -0.2) is 32.6 Å². The highest BCUT2D eigenvalue weighted by molar-refractivity contribution is 7.93. The topological polar surface area (TPSA) is 93.3 Å². The summed E-state index contributed by atoms with van der Waals surface area (Å²) < 4.78 is 51.5. The van der Waals surface area contributed by atoms with Crippen molar-refractivity contribution in [2.24, 2.45) is 0 Å². The molecule has 0 spiro atoms. The molecule has 0 amide bonds. The first-order valence-electron chi connectivity index (χ1n) is 7.05. The maximum absolute atomic E-state index is 14.0. The first-order valence-corrected chi connectivity index (χ1v) is 9.28. The Hall–Kier alpha value is -2.23. The minimum absolute atomic E-state index is 0.0843. The predicted molar refractivity (Wildman–Crippen MR) is 96.4 cm³/mol. The number of methoxy groups -OCH3 is 2. The van der Waals surface area contributed by atoms with Gasteiger partial charge in [-0.15, -0.1) is 0 Å². The fourth-order valence-corrected chi connectivity index (χ4v) is 4.04. The van der Waals surface area contributed by atoms with Gasteiger partial charge in [0.25, 0.3) is 10.0 Å². The molecule has 0 aliphatic heterocycles. The van der Waals surface area contributed by atoms with Gasteiger partial charge < -0.3 is 14.5 Å². The van der Waals surface area contributed by atoms with E-state index in [-0.39, 0.29) is 20.8 Å². The number of pyridine rings is 1. The molecule has 0 atom stereocenters. The number of aromatic amines is 1. The molecule has 0 unspecified atom stereocenters. The van der Waals surface area contributed by atoms with Crippen LogP contribution in [0.3, 0.4) is 0 Å². The van der Waals surface area contributed by atoms with Crippen molar-refractivity contribution in [1.29, 1.82) is 0 Å². The van der Waals surface area contributed by atoms with Crippen LogP contribution in [0.5, 0.6) is 11.6 Å². The first kappa shape index (κ1) is 18.6. The van der Waals surface area contributed by atoms with E-state index in [1.54, 1.807) is 0 Å². The Morgan fingerprint density at radius 2 is 1.96 bits per heavy atom. The number of halogens is 3. The summed E-state index contributed by atoms with van der Waals surface area (Å²) in [6, 6.07) is 3.96. The molecular weight excluding hydrogens is 408 g/mol. The molecule has 3 rings (SSSR count). The lowest BCUT2D eigenvalue weighted by atomic mass is 10.2. The van der Waals surface area contributed by atoms with Crippen LogP contribution >= 0.6 is 23.2 Å². The van der Waals surface area contributed by atoms with Crippen molar-refractivity contribution in [3.05, 3.63) is 40.3 Å². The highest BCUT2D eigenvalue weighted by Crippen LogP contribution is 2.35. The smallest absolute Gasteiger partial charge is 0.265 e. The third kappa shape index (κ3) is 3.13. The van der Waals surface area contributed by atoms with Crippen molar-refractivity contribution in [3.8, 4) is 11.6 Å². The number of H-pyrrole nitrogens is 1. The number of nitrogens with one attached hydrogen (secondary N) is 2. The van der Waals surface area contributed by atoms with Crippen molar-refractivity contribution in [1.82, 2.24) is 9.97 Å². The summed E-state index contributed by atoms with van der Waals surface area (Å²) in [5.41, 5.74) is 0.369. The molecule has 138 valence electrons. The number of hydrogen-bond donors (Lipinski definition) is 2. The summed E-state index contributed by atoms with van der Waals surface area (Å²) in [5, 5.41) is 0.451. The van der Waals surface area contributed by atoms with Crippen LogP contribution in [0.1, 0.15) is 0 Å². The molecule has 1 aromatic carbocycles. The van der Waals surface area contributed by atoms with Crippen molar-refractivity contribution in [2.45, 2.75) is 4.90 Å². The molecule has 0 aliphatic rings. The highest BCUT2D eigenvalue weighted by atomic mass is 35.5. The Labute approximate surface area is 158 Å². The molecule has 3 aromatic rings. The van der Waals surface area contributed by atoms with Crippen LogP contribution in [0.2, 0.25) is 10.0 Å². The molecule has 0 saturated carbocycles. The Balaban J connectivity index is 2.07. The van der Waals surface area contributed by atoms with Gasteiger partial charge in [-0.1, -0.05) is 23.2 Å². The molecule has 0 saturated heterocycles. The summed E-state index contributed by atoms with van der Waals surface area (Å²) in [4.78, 5) is 6.38. The SMILES string of the molecule is COc1ccc2c(S(=O)(=O)Nc3nc(OC)c(Cl)cc3F)c[nH]c2c1Cl. The zero-order valence-electron chi connectivity index (χ0n) is 13.4. The number of hydrogen-bond acceptors (Lipinski definition) is 5. The predicted octanol–water partition coefficient (Wildman–Crippen LogP) is 3.83. The van der Waals surface area contributed by atoms with Gasteiger partial charge in [-0.2, -0.15) is 4.98 Å². The number of fused-ring (bicyclic) bond motifs is 1. The van der Waals surface area contributed by atoms with Crippen molar-refractivity contribution < 1.29 is 22.3 Å². The molecule has 0 radical (unpaired) electrons. The zero-order valence-corrected chi connectivity index (χ0v) is 15.8. The lowest BCUT2D eigenvalue weighted by Crippen LogP contribution is -2.15. The number of benzene rings is 1. The molecule has 2 aromatic heterocycles. The standard InChI is InChI=1S/C15H12Cl2FN3O4S/c1-24-10-4-3-7-11(6-19-13(7)12(10)17)26(22,23)21-14-9(18)5-8(16)15(20-14)25-2/h3-6,19H,1-2H3,(H,20,21). The fourth-order valence-electron chi connectivity index (χ4n) is 2.35. The Morgan fingerprint density at radius 1 is 1.23 bits per heavy atom. The van der Waals surface area contributed by atoms with Crippen LogP contribution in [0.25, 0.3) is 10.9 Å². The summed E-state index contributed by atoms with van der Waals surface area (Å²) >= 11 is 11.9. The largest absolute Gasteiger partial charge is 0.495 e. The Morgan fingerprint density at radius 3 is 2.62 bits per heavy atom. The van der Waals surface area contributed by atoms with Gasteiger partial charge in [0, 0.05) is 17.6 Å². The maximum Gasteiger partial charge on any atom is 0.265 e. The van der Waals surface area contributed by atoms with Gasteiger partial charge in [0.2, 0.25) is 5.88 Å². The number of sulfonamides is 1. The van der Waals surface area contributed by atoms with Gasteiger partial charge in [-0.25, -0.2) is 12.8 Å². The van der Waals surface area contributed by atoms with E-state index in [4.69, 9.17) is 32.7 Å². The van der Waals surface area contributed by atoms with E-state index < -0.39 is 21.7 Å². The minimum atomic E-state index is -4.18. The van der Waals surface area contributed by atoms with Crippen LogP contribution in [0.15, 0.2) is 29.3 Å². The third-order valence-electron chi connectivity index (χ3n) is 3.55. The molecular formula is C15H12Cl2FN3O4S. The van der Waals surface area contributed by atoms with Gasteiger partial charge in [0.1, 0.15) is 20.7 Å². The molecule has 7 nitrogen and oxygen atoms in total. The summed E-state index contributed by atoms with van der Waals surface area (Å²) in [6.45, 7) is 0. The van der Waals surface area contributed by atoms with Crippen molar-refractivity contribution in [3.63, 3.8) is 0 Å². The summed E-state index contributed by atoms with van der Waals surface area (Å²) in [7, 11) is -1.46. The Bertz CT molecular complexity index is 1100. The Kier molecular flexibility index (Phi) is 4.87. The maximum atomic E-state index is 14.0. The second-order valence-corrected chi connectivity index (χ2v) is 7.51. The second-order valence-electron chi connectivity index (χ2n) is 5.07. The molecule has 0 bridgehead atoms. The van der Waals surface area contributed by atoms with E-state index in [0.717, 1.165) is 6.07 Å². The van der Waals surface area contributed by atoms with Crippen LogP contribution in [-0.2, 0) is 10.0 Å². The number of aromatic nitrogens is 2. The second kappa shape index (κ2) is 6.82. The van der Waals surface area contributed by atoms with E-state index in [0.29, 0.717) is 16.7 Å².